The largest absolute Gasteiger partial charge is 0.322 e. The van der Waals surface area contributed by atoms with Crippen molar-refractivity contribution in [1.82, 2.24) is 5.01 Å². The summed E-state index contributed by atoms with van der Waals surface area (Å²) < 4.78 is 0. The van der Waals surface area contributed by atoms with Gasteiger partial charge < -0.3 is 5.32 Å². The molecule has 1 aromatic heterocycles. The maximum absolute atomic E-state index is 9.01. The van der Waals surface area contributed by atoms with Crippen LogP contribution in [0, 0.1) is 11.3 Å². The Hall–Kier alpha value is -3.01. The first-order valence-corrected chi connectivity index (χ1v) is 11.3. The van der Waals surface area contributed by atoms with Crippen LogP contribution in [0.4, 0.5) is 5.00 Å². The molecule has 0 spiro atoms. The second kappa shape index (κ2) is 8.02. The number of benzene rings is 2. The minimum absolute atomic E-state index is 0.0392. The van der Waals surface area contributed by atoms with E-state index in [9.17, 15) is 0 Å². The first kappa shape index (κ1) is 19.0. The molecule has 0 saturated carbocycles. The smallest absolute Gasteiger partial charge is 0.195 e. The normalized spacial score (nSPS) is 17.9. The fraction of sp³-hybridized carbons (Fsp3) is 0.208. The van der Waals surface area contributed by atoms with Crippen molar-refractivity contribution in [2.45, 2.75) is 31.7 Å². The summed E-state index contributed by atoms with van der Waals surface area (Å²) in [6, 6.07) is 20.0. The van der Waals surface area contributed by atoms with E-state index in [1.54, 1.807) is 12.1 Å². The van der Waals surface area contributed by atoms with Crippen molar-refractivity contribution >= 4 is 39.9 Å². The van der Waals surface area contributed by atoms with E-state index in [-0.39, 0.29) is 6.04 Å². The molecule has 1 aliphatic carbocycles. The molecule has 3 aromatic rings. The van der Waals surface area contributed by atoms with Gasteiger partial charge in [-0.15, -0.1) is 11.3 Å². The quantitative estimate of drug-likeness (QED) is 0.434. The summed E-state index contributed by atoms with van der Waals surface area (Å²) in [7, 11) is 0. The highest BCUT2D eigenvalue weighted by molar-refractivity contribution is 7.80. The Balaban J connectivity index is 1.58. The van der Waals surface area contributed by atoms with Gasteiger partial charge in [0.2, 0.25) is 0 Å². The highest BCUT2D eigenvalue weighted by atomic mass is 32.1. The summed E-state index contributed by atoms with van der Waals surface area (Å²) in [6.45, 7) is 0. The van der Waals surface area contributed by atoms with Crippen molar-refractivity contribution in [1.29, 1.82) is 5.26 Å². The molecule has 6 heteroatoms. The van der Waals surface area contributed by atoms with Gasteiger partial charge >= 0.3 is 0 Å². The number of nitrogens with zero attached hydrogens (tertiary/aromatic N) is 3. The van der Waals surface area contributed by atoms with Crippen LogP contribution < -0.4 is 5.32 Å². The van der Waals surface area contributed by atoms with E-state index in [4.69, 9.17) is 22.6 Å². The van der Waals surface area contributed by atoms with E-state index in [1.165, 1.54) is 39.4 Å². The third kappa shape index (κ3) is 3.41. The Morgan fingerprint density at radius 2 is 1.87 bits per heavy atom. The van der Waals surface area contributed by atoms with Crippen LogP contribution in [0.15, 0.2) is 59.7 Å². The fourth-order valence-electron chi connectivity index (χ4n) is 4.20. The topological polar surface area (TPSA) is 51.4 Å². The van der Waals surface area contributed by atoms with Gasteiger partial charge in [0.05, 0.1) is 17.8 Å². The van der Waals surface area contributed by atoms with Gasteiger partial charge in [-0.3, -0.25) is 0 Å². The molecule has 1 atom stereocenters. The molecule has 148 valence electrons. The summed E-state index contributed by atoms with van der Waals surface area (Å²) in [5.74, 6) is 0. The summed E-state index contributed by atoms with van der Waals surface area (Å²) in [5.41, 5.74) is 5.56. The Labute approximate surface area is 185 Å². The standard InChI is InChI=1S/C24H20N4S2/c25-14-16-10-12-17(13-11-16)15-26-28-22(18-6-2-1-3-7-18)21-19-8-4-5-9-20(19)30-23(21)27-24(28)29/h1-3,6-7,10-13,15,22H,4-5,8-9H2,(H,27,29)/b26-15+. The molecule has 0 radical (unpaired) electrons. The van der Waals surface area contributed by atoms with E-state index < -0.39 is 0 Å². The second-order valence-electron chi connectivity index (χ2n) is 7.52. The summed E-state index contributed by atoms with van der Waals surface area (Å²) >= 11 is 7.59. The minimum atomic E-state index is -0.0392. The molecule has 2 heterocycles. The lowest BCUT2D eigenvalue weighted by Crippen LogP contribution is -2.39. The van der Waals surface area contributed by atoms with Gasteiger partial charge in [-0.05, 0) is 66.7 Å². The van der Waals surface area contributed by atoms with E-state index in [0.717, 1.165) is 18.4 Å². The molecule has 0 amide bonds. The van der Waals surface area contributed by atoms with Gasteiger partial charge in [0.1, 0.15) is 11.0 Å². The number of thiophene rings is 1. The average molecular weight is 429 g/mol. The molecule has 1 N–H and O–H groups in total. The summed E-state index contributed by atoms with van der Waals surface area (Å²) in [6.07, 6.45) is 6.57. The maximum Gasteiger partial charge on any atom is 0.195 e. The highest BCUT2D eigenvalue weighted by Gasteiger charge is 2.36. The number of nitriles is 1. The number of thiocarbonyl (C=S) groups is 1. The Kier molecular flexibility index (Phi) is 5.07. The van der Waals surface area contributed by atoms with E-state index in [0.29, 0.717) is 10.7 Å². The first-order valence-electron chi connectivity index (χ1n) is 10.1. The Morgan fingerprint density at radius 1 is 1.10 bits per heavy atom. The SMILES string of the molecule is N#Cc1ccc(/C=N/N2C(=S)Nc3sc4c(c3C2c2ccccc2)CCCC4)cc1. The molecule has 4 nitrogen and oxygen atoms in total. The van der Waals surface area contributed by atoms with Gasteiger partial charge in [0.15, 0.2) is 5.11 Å². The second-order valence-corrected chi connectivity index (χ2v) is 9.01. The van der Waals surface area contributed by atoms with Crippen LogP contribution in [0.25, 0.3) is 0 Å². The number of rotatable bonds is 3. The minimum Gasteiger partial charge on any atom is -0.322 e. The zero-order valence-corrected chi connectivity index (χ0v) is 18.0. The third-order valence-electron chi connectivity index (χ3n) is 5.65. The molecular formula is C24H20N4S2. The van der Waals surface area contributed by atoms with Crippen molar-refractivity contribution in [2.75, 3.05) is 5.32 Å². The average Bonchev–Trinajstić information content (AvgIpc) is 3.16. The predicted octanol–water partition coefficient (Wildman–Crippen LogP) is 5.63. The number of hydrogen-bond donors (Lipinski definition) is 1. The molecule has 1 aliphatic heterocycles. The van der Waals surface area contributed by atoms with Crippen LogP contribution in [-0.2, 0) is 12.8 Å². The van der Waals surface area contributed by atoms with Crippen LogP contribution in [0.2, 0.25) is 0 Å². The van der Waals surface area contributed by atoms with E-state index >= 15 is 0 Å². The number of hydrogen-bond acceptors (Lipinski definition) is 4. The molecule has 30 heavy (non-hydrogen) atoms. The van der Waals surface area contributed by atoms with E-state index in [1.807, 2.05) is 40.8 Å². The van der Waals surface area contributed by atoms with Crippen LogP contribution in [0.1, 0.15) is 51.6 Å². The van der Waals surface area contributed by atoms with Crippen LogP contribution in [-0.4, -0.2) is 16.3 Å². The number of fused-ring (bicyclic) bond motifs is 3. The molecule has 0 fully saturated rings. The zero-order chi connectivity index (χ0) is 20.5. The number of hydrazone groups is 1. The van der Waals surface area contributed by atoms with E-state index in [2.05, 4.69) is 35.7 Å². The maximum atomic E-state index is 9.01. The number of anilines is 1. The van der Waals surface area contributed by atoms with Crippen molar-refractivity contribution in [3.63, 3.8) is 0 Å². The summed E-state index contributed by atoms with van der Waals surface area (Å²) in [4.78, 5) is 1.49. The predicted molar refractivity (Wildman–Crippen MR) is 126 cm³/mol. The molecule has 0 saturated heterocycles. The zero-order valence-electron chi connectivity index (χ0n) is 16.3. The lowest BCUT2D eigenvalue weighted by molar-refractivity contribution is 0.377. The van der Waals surface area contributed by atoms with Crippen LogP contribution in [0.3, 0.4) is 0 Å². The monoisotopic (exact) mass is 428 g/mol. The molecular weight excluding hydrogens is 408 g/mol. The van der Waals surface area contributed by atoms with Crippen LogP contribution in [0.5, 0.6) is 0 Å². The summed E-state index contributed by atoms with van der Waals surface area (Å²) in [5, 5.41) is 21.0. The number of nitrogens with one attached hydrogen (secondary N) is 1. The van der Waals surface area contributed by atoms with Crippen LogP contribution >= 0.6 is 23.6 Å². The Morgan fingerprint density at radius 3 is 2.63 bits per heavy atom. The molecule has 1 unspecified atom stereocenters. The fourth-order valence-corrected chi connectivity index (χ4v) is 5.84. The van der Waals surface area contributed by atoms with Gasteiger partial charge in [-0.25, -0.2) is 5.01 Å². The van der Waals surface area contributed by atoms with Gasteiger partial charge in [0, 0.05) is 10.4 Å². The van der Waals surface area contributed by atoms with Crippen molar-refractivity contribution in [3.8, 4) is 6.07 Å². The molecule has 2 aromatic carbocycles. The highest BCUT2D eigenvalue weighted by Crippen LogP contribution is 2.47. The Bertz CT molecular complexity index is 1160. The lowest BCUT2D eigenvalue weighted by Gasteiger charge is -2.35. The van der Waals surface area contributed by atoms with Crippen molar-refractivity contribution in [2.24, 2.45) is 5.10 Å². The lowest BCUT2D eigenvalue weighted by atomic mass is 9.89. The van der Waals surface area contributed by atoms with Gasteiger partial charge in [0.25, 0.3) is 0 Å². The van der Waals surface area contributed by atoms with Crippen molar-refractivity contribution in [3.05, 3.63) is 87.3 Å². The first-order chi connectivity index (χ1) is 14.7. The van der Waals surface area contributed by atoms with Gasteiger partial charge in [-0.2, -0.15) is 10.4 Å². The molecule has 2 aliphatic rings. The third-order valence-corrected chi connectivity index (χ3v) is 7.16. The van der Waals surface area contributed by atoms with Gasteiger partial charge in [-0.1, -0.05) is 42.5 Å². The van der Waals surface area contributed by atoms with Crippen molar-refractivity contribution < 1.29 is 0 Å². The molecule has 5 rings (SSSR count). The molecule has 0 bridgehead atoms. The number of aryl methyl sites for hydroxylation is 1.